The molecule has 0 aliphatic heterocycles. The Morgan fingerprint density at radius 2 is 1.82 bits per heavy atom. The lowest BCUT2D eigenvalue weighted by atomic mass is 10.2. The van der Waals surface area contributed by atoms with E-state index in [0.29, 0.717) is 0 Å². The maximum absolute atomic E-state index is 13.9. The van der Waals surface area contributed by atoms with E-state index < -0.39 is 11.8 Å². The molecule has 0 unspecified atom stereocenters. The average molecular weight is 240 g/mol. The summed E-state index contributed by atoms with van der Waals surface area (Å²) in [5, 5.41) is 0. The summed E-state index contributed by atoms with van der Waals surface area (Å²) in [5.74, 6) is -1.28. The van der Waals surface area contributed by atoms with E-state index in [1.54, 1.807) is 33.8 Å². The summed E-state index contributed by atoms with van der Waals surface area (Å²) in [5.41, 5.74) is -0.100. The Balaban J connectivity index is 2.97. The zero-order chi connectivity index (χ0) is 13.0. The van der Waals surface area contributed by atoms with E-state index >= 15 is 0 Å². The van der Waals surface area contributed by atoms with Crippen LogP contribution in [0, 0.1) is 5.82 Å². The fourth-order valence-corrected chi connectivity index (χ4v) is 1.29. The number of hydrogen-bond acceptors (Lipinski definition) is 3. The first-order chi connectivity index (χ1) is 7.91. The van der Waals surface area contributed by atoms with Gasteiger partial charge in [-0.1, -0.05) is 6.07 Å². The minimum absolute atomic E-state index is 0.0678. The van der Waals surface area contributed by atoms with Crippen molar-refractivity contribution in [3.8, 4) is 5.75 Å². The highest BCUT2D eigenvalue weighted by atomic mass is 19.1. The third kappa shape index (κ3) is 3.73. The molecule has 0 spiro atoms. The molecule has 0 bridgehead atoms. The number of carbonyl (C=O) groups excluding carboxylic acids is 1. The van der Waals surface area contributed by atoms with E-state index in [4.69, 9.17) is 9.47 Å². The molecule has 0 atom stereocenters. The van der Waals surface area contributed by atoms with Crippen LogP contribution in [0.4, 0.5) is 4.39 Å². The first-order valence-electron chi connectivity index (χ1n) is 5.58. The molecule has 0 saturated heterocycles. The second-order valence-electron chi connectivity index (χ2n) is 4.24. The number of carbonyl (C=O) groups is 1. The summed E-state index contributed by atoms with van der Waals surface area (Å²) >= 11 is 0. The van der Waals surface area contributed by atoms with Crippen molar-refractivity contribution in [2.24, 2.45) is 0 Å². The highest BCUT2D eigenvalue weighted by molar-refractivity contribution is 5.90. The van der Waals surface area contributed by atoms with Crippen molar-refractivity contribution in [3.05, 3.63) is 29.6 Å². The Morgan fingerprint density at radius 3 is 2.35 bits per heavy atom. The zero-order valence-corrected chi connectivity index (χ0v) is 10.5. The first-order valence-corrected chi connectivity index (χ1v) is 5.58. The van der Waals surface area contributed by atoms with Gasteiger partial charge in [0.15, 0.2) is 11.6 Å². The number of benzene rings is 1. The number of halogens is 1. The van der Waals surface area contributed by atoms with Crippen molar-refractivity contribution in [2.75, 3.05) is 0 Å². The third-order valence-electron chi connectivity index (χ3n) is 1.89. The minimum Gasteiger partial charge on any atom is -0.488 e. The zero-order valence-electron chi connectivity index (χ0n) is 10.5. The molecule has 1 aromatic carbocycles. The highest BCUT2D eigenvalue weighted by Crippen LogP contribution is 2.22. The van der Waals surface area contributed by atoms with Gasteiger partial charge in [-0.15, -0.1) is 0 Å². The highest BCUT2D eigenvalue weighted by Gasteiger charge is 2.18. The normalized spacial score (nSPS) is 10.8. The molecule has 0 amide bonds. The Kier molecular flexibility index (Phi) is 4.49. The van der Waals surface area contributed by atoms with Crippen LogP contribution >= 0.6 is 0 Å². The number of hydrogen-bond donors (Lipinski definition) is 0. The van der Waals surface area contributed by atoms with Gasteiger partial charge in [-0.3, -0.25) is 0 Å². The van der Waals surface area contributed by atoms with Crippen LogP contribution in [-0.4, -0.2) is 18.2 Å². The Hall–Kier alpha value is -1.58. The Labute approximate surface area is 101 Å². The summed E-state index contributed by atoms with van der Waals surface area (Å²) in [6, 6.07) is 4.44. The van der Waals surface area contributed by atoms with E-state index in [2.05, 4.69) is 0 Å². The molecule has 0 saturated carbocycles. The summed E-state index contributed by atoms with van der Waals surface area (Å²) in [6.07, 6.45) is -0.433. The first kappa shape index (κ1) is 13.5. The maximum atomic E-state index is 13.9. The lowest BCUT2D eigenvalue weighted by Crippen LogP contribution is -2.14. The number of ether oxygens (including phenoxy) is 2. The van der Waals surface area contributed by atoms with Gasteiger partial charge in [0.1, 0.15) is 0 Å². The van der Waals surface area contributed by atoms with E-state index in [9.17, 15) is 9.18 Å². The second-order valence-corrected chi connectivity index (χ2v) is 4.24. The van der Waals surface area contributed by atoms with Gasteiger partial charge in [0, 0.05) is 0 Å². The topological polar surface area (TPSA) is 35.5 Å². The molecule has 0 fully saturated rings. The predicted molar refractivity (Wildman–Crippen MR) is 62.7 cm³/mol. The van der Waals surface area contributed by atoms with Crippen molar-refractivity contribution in [1.82, 2.24) is 0 Å². The van der Waals surface area contributed by atoms with Crippen LogP contribution in [0.5, 0.6) is 5.75 Å². The summed E-state index contributed by atoms with van der Waals surface area (Å²) in [4.78, 5) is 11.6. The third-order valence-corrected chi connectivity index (χ3v) is 1.89. The van der Waals surface area contributed by atoms with E-state index in [-0.39, 0.29) is 23.5 Å². The van der Waals surface area contributed by atoms with Gasteiger partial charge in [-0.2, -0.15) is 0 Å². The standard InChI is InChI=1S/C13H17FO3/c1-8(2)16-11-7-5-6-10(12(11)14)13(15)17-9(3)4/h5-9H,1-4H3. The van der Waals surface area contributed by atoms with Crippen LogP contribution in [0.15, 0.2) is 18.2 Å². The predicted octanol–water partition coefficient (Wildman–Crippen LogP) is 3.18. The monoisotopic (exact) mass is 240 g/mol. The fraction of sp³-hybridized carbons (Fsp3) is 0.462. The molecule has 94 valence electrons. The smallest absolute Gasteiger partial charge is 0.341 e. The van der Waals surface area contributed by atoms with Crippen LogP contribution in [0.2, 0.25) is 0 Å². The SMILES string of the molecule is CC(C)OC(=O)c1cccc(OC(C)C)c1F. The quantitative estimate of drug-likeness (QED) is 0.758. The van der Waals surface area contributed by atoms with E-state index in [0.717, 1.165) is 0 Å². The maximum Gasteiger partial charge on any atom is 0.341 e. The largest absolute Gasteiger partial charge is 0.488 e. The van der Waals surface area contributed by atoms with Crippen molar-refractivity contribution in [1.29, 1.82) is 0 Å². The molecule has 1 aromatic rings. The van der Waals surface area contributed by atoms with Crippen molar-refractivity contribution < 1.29 is 18.7 Å². The molecular weight excluding hydrogens is 223 g/mol. The Morgan fingerprint density at radius 1 is 1.18 bits per heavy atom. The van der Waals surface area contributed by atoms with Crippen LogP contribution in [-0.2, 0) is 4.74 Å². The lowest BCUT2D eigenvalue weighted by Gasteiger charge is -2.13. The molecular formula is C13H17FO3. The average Bonchev–Trinajstić information content (AvgIpc) is 2.19. The van der Waals surface area contributed by atoms with Gasteiger partial charge in [-0.05, 0) is 39.8 Å². The molecule has 0 aliphatic carbocycles. The van der Waals surface area contributed by atoms with Gasteiger partial charge in [0.25, 0.3) is 0 Å². The van der Waals surface area contributed by atoms with Gasteiger partial charge >= 0.3 is 5.97 Å². The second kappa shape index (κ2) is 5.66. The van der Waals surface area contributed by atoms with E-state index in [1.165, 1.54) is 12.1 Å². The van der Waals surface area contributed by atoms with Crippen molar-refractivity contribution in [3.63, 3.8) is 0 Å². The van der Waals surface area contributed by atoms with Crippen molar-refractivity contribution >= 4 is 5.97 Å². The molecule has 0 radical (unpaired) electrons. The minimum atomic E-state index is -0.674. The molecule has 0 aliphatic rings. The van der Waals surface area contributed by atoms with Crippen LogP contribution < -0.4 is 4.74 Å². The molecule has 0 N–H and O–H groups in total. The summed E-state index contributed by atoms with van der Waals surface area (Å²) in [6.45, 7) is 7.01. The molecule has 0 heterocycles. The van der Waals surface area contributed by atoms with Crippen LogP contribution in [0.3, 0.4) is 0 Å². The van der Waals surface area contributed by atoms with Crippen LogP contribution in [0.25, 0.3) is 0 Å². The van der Waals surface area contributed by atoms with Gasteiger partial charge in [-0.25, -0.2) is 9.18 Å². The van der Waals surface area contributed by atoms with Crippen molar-refractivity contribution in [2.45, 2.75) is 39.9 Å². The molecule has 4 heteroatoms. The summed E-state index contributed by atoms with van der Waals surface area (Å²) < 4.78 is 24.1. The van der Waals surface area contributed by atoms with Crippen LogP contribution in [0.1, 0.15) is 38.1 Å². The van der Waals surface area contributed by atoms with Gasteiger partial charge in [0.05, 0.1) is 17.8 Å². The number of esters is 1. The molecule has 3 nitrogen and oxygen atoms in total. The fourth-order valence-electron chi connectivity index (χ4n) is 1.29. The summed E-state index contributed by atoms with van der Waals surface area (Å²) in [7, 11) is 0. The number of rotatable bonds is 4. The van der Waals surface area contributed by atoms with Gasteiger partial charge in [0.2, 0.25) is 0 Å². The van der Waals surface area contributed by atoms with Gasteiger partial charge < -0.3 is 9.47 Å². The van der Waals surface area contributed by atoms with E-state index in [1.807, 2.05) is 0 Å². The lowest BCUT2D eigenvalue weighted by molar-refractivity contribution is 0.0371. The molecule has 0 aromatic heterocycles. The molecule has 17 heavy (non-hydrogen) atoms. The Bertz CT molecular complexity index is 400. The molecule has 1 rings (SSSR count).